The third-order valence-corrected chi connectivity index (χ3v) is 2.53. The van der Waals surface area contributed by atoms with Gasteiger partial charge in [-0.2, -0.15) is 4.39 Å². The molecule has 2 rings (SSSR count). The molecule has 0 atom stereocenters. The van der Waals surface area contributed by atoms with Crippen LogP contribution in [0.5, 0.6) is 5.75 Å². The maximum atomic E-state index is 13.4. The summed E-state index contributed by atoms with van der Waals surface area (Å²) in [6, 6.07) is 1.72. The molecule has 0 unspecified atom stereocenters. The van der Waals surface area contributed by atoms with Crippen LogP contribution < -0.4 is 4.74 Å². The smallest absolute Gasteiger partial charge is 0.201 e. The van der Waals surface area contributed by atoms with E-state index < -0.39 is 11.6 Å². The second kappa shape index (κ2) is 3.56. The van der Waals surface area contributed by atoms with Crippen molar-refractivity contribution < 1.29 is 13.5 Å². The summed E-state index contributed by atoms with van der Waals surface area (Å²) in [6.07, 6.45) is 2.16. The Morgan fingerprint density at radius 1 is 1.36 bits per heavy atom. The van der Waals surface area contributed by atoms with E-state index in [1.165, 1.54) is 0 Å². The third-order valence-electron chi connectivity index (χ3n) is 2.53. The number of fused-ring (bicyclic) bond motifs is 1. The SMILES string of the molecule is CCc1cc2c(c(F)c1F)OCCC2. The van der Waals surface area contributed by atoms with Crippen molar-refractivity contribution in [3.05, 3.63) is 28.8 Å². The lowest BCUT2D eigenvalue weighted by Gasteiger charge is -2.19. The summed E-state index contributed by atoms with van der Waals surface area (Å²) in [5.74, 6) is -1.46. The Balaban J connectivity index is 2.57. The van der Waals surface area contributed by atoms with E-state index in [1.807, 2.05) is 6.92 Å². The van der Waals surface area contributed by atoms with E-state index >= 15 is 0 Å². The number of hydrogen-bond donors (Lipinski definition) is 0. The van der Waals surface area contributed by atoms with Gasteiger partial charge in [0.1, 0.15) is 0 Å². The van der Waals surface area contributed by atoms with Crippen molar-refractivity contribution in [2.24, 2.45) is 0 Å². The predicted molar refractivity (Wildman–Crippen MR) is 49.6 cm³/mol. The van der Waals surface area contributed by atoms with Gasteiger partial charge in [-0.15, -0.1) is 0 Å². The second-order valence-electron chi connectivity index (χ2n) is 3.46. The topological polar surface area (TPSA) is 9.23 Å². The highest BCUT2D eigenvalue weighted by molar-refractivity contribution is 5.41. The standard InChI is InChI=1S/C11H12F2O/c1-2-7-6-8-4-3-5-14-11(8)10(13)9(7)12/h6H,2-5H2,1H3. The predicted octanol–water partition coefficient (Wildman–Crippen LogP) is 2.85. The highest BCUT2D eigenvalue weighted by Gasteiger charge is 2.21. The van der Waals surface area contributed by atoms with E-state index in [9.17, 15) is 8.78 Å². The van der Waals surface area contributed by atoms with Crippen molar-refractivity contribution in [3.63, 3.8) is 0 Å². The molecule has 0 amide bonds. The largest absolute Gasteiger partial charge is 0.490 e. The summed E-state index contributed by atoms with van der Waals surface area (Å²) in [5, 5.41) is 0. The number of ether oxygens (including phenoxy) is 1. The van der Waals surface area contributed by atoms with Gasteiger partial charge in [-0.1, -0.05) is 6.92 Å². The molecule has 0 spiro atoms. The Morgan fingerprint density at radius 3 is 2.86 bits per heavy atom. The Labute approximate surface area is 81.7 Å². The van der Waals surface area contributed by atoms with Gasteiger partial charge in [-0.25, -0.2) is 4.39 Å². The average Bonchev–Trinajstić information content (AvgIpc) is 2.23. The van der Waals surface area contributed by atoms with Crippen LogP contribution in [0.25, 0.3) is 0 Å². The van der Waals surface area contributed by atoms with Gasteiger partial charge in [0.25, 0.3) is 0 Å². The molecule has 0 radical (unpaired) electrons. The van der Waals surface area contributed by atoms with E-state index in [4.69, 9.17) is 4.74 Å². The molecule has 76 valence electrons. The van der Waals surface area contributed by atoms with Gasteiger partial charge in [0.2, 0.25) is 5.82 Å². The molecule has 1 aliphatic rings. The number of hydrogen-bond acceptors (Lipinski definition) is 1. The number of aryl methyl sites for hydroxylation is 2. The Hall–Kier alpha value is -1.12. The maximum Gasteiger partial charge on any atom is 0.201 e. The molecule has 0 bridgehead atoms. The molecule has 3 heteroatoms. The minimum absolute atomic E-state index is 0.117. The fraction of sp³-hybridized carbons (Fsp3) is 0.455. The molecule has 1 nitrogen and oxygen atoms in total. The molecule has 0 fully saturated rings. The first kappa shape index (κ1) is 9.44. The normalized spacial score (nSPS) is 14.8. The van der Waals surface area contributed by atoms with Crippen LogP contribution in [0.2, 0.25) is 0 Å². The lowest BCUT2D eigenvalue weighted by atomic mass is 10.0. The Kier molecular flexibility index (Phi) is 2.40. The van der Waals surface area contributed by atoms with Crippen LogP contribution in [0, 0.1) is 11.6 Å². The molecule has 0 saturated carbocycles. The molecule has 1 aliphatic heterocycles. The highest BCUT2D eigenvalue weighted by Crippen LogP contribution is 2.31. The van der Waals surface area contributed by atoms with Crippen molar-refractivity contribution in [2.75, 3.05) is 6.61 Å². The lowest BCUT2D eigenvalue weighted by molar-refractivity contribution is 0.267. The molecule has 1 aromatic carbocycles. The van der Waals surface area contributed by atoms with Gasteiger partial charge in [0.15, 0.2) is 11.6 Å². The van der Waals surface area contributed by atoms with E-state index in [0.29, 0.717) is 18.6 Å². The first-order chi connectivity index (χ1) is 6.74. The number of halogens is 2. The molecule has 1 heterocycles. The Bertz CT molecular complexity index is 361. The quantitative estimate of drug-likeness (QED) is 0.674. The first-order valence-corrected chi connectivity index (χ1v) is 4.86. The van der Waals surface area contributed by atoms with Crippen molar-refractivity contribution in [1.29, 1.82) is 0 Å². The lowest BCUT2D eigenvalue weighted by Crippen LogP contribution is -2.12. The third kappa shape index (κ3) is 1.37. The minimum atomic E-state index is -0.820. The van der Waals surface area contributed by atoms with Crippen LogP contribution in [0.1, 0.15) is 24.5 Å². The maximum absolute atomic E-state index is 13.4. The molecule has 1 aromatic rings. The zero-order valence-electron chi connectivity index (χ0n) is 8.07. The van der Waals surface area contributed by atoms with Gasteiger partial charge >= 0.3 is 0 Å². The van der Waals surface area contributed by atoms with Crippen LogP contribution in [0.3, 0.4) is 0 Å². The monoisotopic (exact) mass is 198 g/mol. The molecule has 0 aliphatic carbocycles. The number of benzene rings is 1. The summed E-state index contributed by atoms with van der Waals surface area (Å²) in [5.41, 5.74) is 1.23. The molecular weight excluding hydrogens is 186 g/mol. The van der Waals surface area contributed by atoms with Crippen molar-refractivity contribution in [3.8, 4) is 5.75 Å². The molecule has 0 saturated heterocycles. The zero-order chi connectivity index (χ0) is 10.1. The molecule has 0 N–H and O–H groups in total. The number of rotatable bonds is 1. The van der Waals surface area contributed by atoms with Gasteiger partial charge in [-0.3, -0.25) is 0 Å². The second-order valence-corrected chi connectivity index (χ2v) is 3.46. The van der Waals surface area contributed by atoms with E-state index in [1.54, 1.807) is 6.07 Å². The highest BCUT2D eigenvalue weighted by atomic mass is 19.2. The molecule has 14 heavy (non-hydrogen) atoms. The van der Waals surface area contributed by atoms with Crippen molar-refractivity contribution in [1.82, 2.24) is 0 Å². The van der Waals surface area contributed by atoms with Gasteiger partial charge in [-0.05, 0) is 36.5 Å². The van der Waals surface area contributed by atoms with Crippen LogP contribution >= 0.6 is 0 Å². The average molecular weight is 198 g/mol. The zero-order valence-corrected chi connectivity index (χ0v) is 8.07. The minimum Gasteiger partial charge on any atom is -0.490 e. The summed E-state index contributed by atoms with van der Waals surface area (Å²) >= 11 is 0. The Morgan fingerprint density at radius 2 is 2.14 bits per heavy atom. The van der Waals surface area contributed by atoms with Crippen LogP contribution in [0.4, 0.5) is 8.78 Å². The van der Waals surface area contributed by atoms with Crippen molar-refractivity contribution >= 4 is 0 Å². The van der Waals surface area contributed by atoms with Gasteiger partial charge in [0, 0.05) is 0 Å². The molecular formula is C11H12F2O. The fourth-order valence-electron chi connectivity index (χ4n) is 1.76. The van der Waals surface area contributed by atoms with Crippen LogP contribution in [-0.2, 0) is 12.8 Å². The van der Waals surface area contributed by atoms with Crippen molar-refractivity contribution in [2.45, 2.75) is 26.2 Å². The van der Waals surface area contributed by atoms with Gasteiger partial charge in [0.05, 0.1) is 6.61 Å². The van der Waals surface area contributed by atoms with Gasteiger partial charge < -0.3 is 4.74 Å². The van der Waals surface area contributed by atoms with E-state index in [0.717, 1.165) is 18.4 Å². The fourth-order valence-corrected chi connectivity index (χ4v) is 1.76. The summed E-state index contributed by atoms with van der Waals surface area (Å²) in [7, 11) is 0. The summed E-state index contributed by atoms with van der Waals surface area (Å²) < 4.78 is 31.9. The van der Waals surface area contributed by atoms with Crippen LogP contribution in [0.15, 0.2) is 6.07 Å². The molecule has 0 aromatic heterocycles. The first-order valence-electron chi connectivity index (χ1n) is 4.86. The van der Waals surface area contributed by atoms with E-state index in [-0.39, 0.29) is 5.75 Å². The van der Waals surface area contributed by atoms with E-state index in [2.05, 4.69) is 0 Å². The van der Waals surface area contributed by atoms with Crippen LogP contribution in [-0.4, -0.2) is 6.61 Å². The summed E-state index contributed by atoms with van der Waals surface area (Å²) in [4.78, 5) is 0. The summed E-state index contributed by atoms with van der Waals surface area (Å²) in [6.45, 7) is 2.29.